The standard InChI is InChI=1S/C23H18ClFN2O3S/c1-3-30-22(29)19-13(2)26-23-27(20(19)15-9-5-7-11-17(15)25)21(28)18(31-23)12-14-8-4-6-10-16(14)24/h4-12,20H,3H2,1-2H3/t20-/m1/s1. The molecule has 0 saturated heterocycles. The zero-order valence-corrected chi connectivity index (χ0v) is 18.3. The molecule has 1 aliphatic rings. The highest BCUT2D eigenvalue weighted by molar-refractivity contribution is 7.07. The van der Waals surface area contributed by atoms with E-state index in [1.165, 1.54) is 10.6 Å². The SMILES string of the molecule is CCOC(=O)C1=C(C)N=c2sc(=Cc3ccccc3Cl)c(=O)n2[C@@H]1c1ccccc1F. The molecule has 3 aromatic rings. The molecule has 0 saturated carbocycles. The Morgan fingerprint density at radius 3 is 2.68 bits per heavy atom. The van der Waals surface area contributed by atoms with Crippen LogP contribution in [0.3, 0.4) is 0 Å². The molecule has 8 heteroatoms. The van der Waals surface area contributed by atoms with Crippen molar-refractivity contribution in [3.8, 4) is 0 Å². The summed E-state index contributed by atoms with van der Waals surface area (Å²) < 4.78 is 21.7. The van der Waals surface area contributed by atoms with Gasteiger partial charge in [-0.2, -0.15) is 0 Å². The number of benzene rings is 2. The van der Waals surface area contributed by atoms with Crippen molar-refractivity contribution in [1.29, 1.82) is 0 Å². The highest BCUT2D eigenvalue weighted by Gasteiger charge is 2.34. The molecule has 0 aliphatic carbocycles. The van der Waals surface area contributed by atoms with Gasteiger partial charge in [0.2, 0.25) is 0 Å². The first kappa shape index (κ1) is 21.2. The van der Waals surface area contributed by atoms with E-state index in [1.54, 1.807) is 56.3 Å². The summed E-state index contributed by atoms with van der Waals surface area (Å²) >= 11 is 7.40. The van der Waals surface area contributed by atoms with Crippen molar-refractivity contribution in [1.82, 2.24) is 4.57 Å². The quantitative estimate of drug-likeness (QED) is 0.564. The van der Waals surface area contributed by atoms with Gasteiger partial charge in [0.1, 0.15) is 11.9 Å². The molecule has 31 heavy (non-hydrogen) atoms. The number of halogens is 2. The summed E-state index contributed by atoms with van der Waals surface area (Å²) in [6.07, 6.45) is 1.67. The molecular weight excluding hydrogens is 439 g/mol. The molecule has 0 unspecified atom stereocenters. The van der Waals surface area contributed by atoms with Crippen LogP contribution in [0.1, 0.15) is 31.0 Å². The van der Waals surface area contributed by atoms with Gasteiger partial charge in [-0.3, -0.25) is 9.36 Å². The zero-order chi connectivity index (χ0) is 22.1. The van der Waals surface area contributed by atoms with Gasteiger partial charge in [0.25, 0.3) is 5.56 Å². The highest BCUT2D eigenvalue weighted by atomic mass is 35.5. The Bertz CT molecular complexity index is 1390. The Kier molecular flexibility index (Phi) is 5.89. The fourth-order valence-electron chi connectivity index (χ4n) is 3.52. The number of nitrogens with zero attached hydrogens (tertiary/aromatic N) is 2. The topological polar surface area (TPSA) is 60.7 Å². The first-order valence-corrected chi connectivity index (χ1v) is 10.8. The molecule has 0 radical (unpaired) electrons. The van der Waals surface area contributed by atoms with E-state index in [0.29, 0.717) is 25.6 Å². The molecule has 1 atom stereocenters. The van der Waals surface area contributed by atoms with Crippen LogP contribution < -0.4 is 14.9 Å². The van der Waals surface area contributed by atoms with Crippen LogP contribution in [0.5, 0.6) is 0 Å². The molecule has 158 valence electrons. The Balaban J connectivity index is 2.00. The number of hydrogen-bond acceptors (Lipinski definition) is 5. The smallest absolute Gasteiger partial charge is 0.338 e. The first-order chi connectivity index (χ1) is 14.9. The van der Waals surface area contributed by atoms with Crippen LogP contribution in [0.2, 0.25) is 5.02 Å². The van der Waals surface area contributed by atoms with E-state index in [1.807, 2.05) is 6.07 Å². The van der Waals surface area contributed by atoms with Crippen LogP contribution >= 0.6 is 22.9 Å². The molecule has 1 aliphatic heterocycles. The van der Waals surface area contributed by atoms with E-state index < -0.39 is 17.8 Å². The molecular formula is C23H18ClFN2O3S. The second-order valence-corrected chi connectivity index (χ2v) is 8.26. The van der Waals surface area contributed by atoms with Crippen LogP contribution in [-0.2, 0) is 9.53 Å². The predicted octanol–water partition coefficient (Wildman–Crippen LogP) is 3.59. The van der Waals surface area contributed by atoms with Crippen molar-refractivity contribution in [2.24, 2.45) is 4.99 Å². The van der Waals surface area contributed by atoms with E-state index in [2.05, 4.69) is 4.99 Å². The molecule has 0 N–H and O–H groups in total. The normalized spacial score (nSPS) is 16.1. The second-order valence-electron chi connectivity index (χ2n) is 6.85. The van der Waals surface area contributed by atoms with Gasteiger partial charge in [-0.15, -0.1) is 0 Å². The van der Waals surface area contributed by atoms with Crippen LogP contribution in [0, 0.1) is 5.82 Å². The molecule has 1 aromatic heterocycles. The number of carbonyl (C=O) groups excluding carboxylic acids is 1. The van der Waals surface area contributed by atoms with E-state index >= 15 is 0 Å². The zero-order valence-electron chi connectivity index (χ0n) is 16.8. The van der Waals surface area contributed by atoms with Gasteiger partial charge < -0.3 is 4.74 Å². The number of aromatic nitrogens is 1. The van der Waals surface area contributed by atoms with E-state index in [9.17, 15) is 14.0 Å². The Labute approximate surface area is 186 Å². The van der Waals surface area contributed by atoms with Gasteiger partial charge in [-0.1, -0.05) is 59.3 Å². The third-order valence-corrected chi connectivity index (χ3v) is 6.24. The lowest BCUT2D eigenvalue weighted by molar-refractivity contribution is -0.139. The number of thiazole rings is 1. The van der Waals surface area contributed by atoms with Crippen molar-refractivity contribution >= 4 is 35.0 Å². The van der Waals surface area contributed by atoms with Gasteiger partial charge in [0.05, 0.1) is 22.4 Å². The number of fused-ring (bicyclic) bond motifs is 1. The number of ether oxygens (including phenoxy) is 1. The Hall–Kier alpha value is -3.03. The monoisotopic (exact) mass is 456 g/mol. The minimum absolute atomic E-state index is 0.142. The maximum atomic E-state index is 14.8. The van der Waals surface area contributed by atoms with E-state index in [0.717, 1.165) is 11.3 Å². The number of allylic oxidation sites excluding steroid dienone is 1. The summed E-state index contributed by atoms with van der Waals surface area (Å²) in [6.45, 7) is 3.49. The van der Waals surface area contributed by atoms with Crippen molar-refractivity contribution in [3.05, 3.63) is 101 Å². The van der Waals surface area contributed by atoms with Gasteiger partial charge in [0, 0.05) is 10.6 Å². The summed E-state index contributed by atoms with van der Waals surface area (Å²) in [5, 5.41) is 0.502. The van der Waals surface area contributed by atoms with Crippen LogP contribution in [0.15, 0.2) is 69.6 Å². The maximum Gasteiger partial charge on any atom is 0.338 e. The Morgan fingerprint density at radius 2 is 1.97 bits per heavy atom. The summed E-state index contributed by atoms with van der Waals surface area (Å²) in [5.74, 6) is -1.15. The minimum Gasteiger partial charge on any atom is -0.463 e. The van der Waals surface area contributed by atoms with E-state index in [-0.39, 0.29) is 23.3 Å². The highest BCUT2D eigenvalue weighted by Crippen LogP contribution is 2.32. The van der Waals surface area contributed by atoms with Crippen molar-refractivity contribution < 1.29 is 13.9 Å². The molecule has 2 heterocycles. The summed E-state index contributed by atoms with van der Waals surface area (Å²) in [4.78, 5) is 31.0. The Morgan fingerprint density at radius 1 is 1.26 bits per heavy atom. The third-order valence-electron chi connectivity index (χ3n) is 4.91. The average Bonchev–Trinajstić information content (AvgIpc) is 3.04. The molecule has 0 amide bonds. The lowest BCUT2D eigenvalue weighted by Crippen LogP contribution is -2.40. The predicted molar refractivity (Wildman–Crippen MR) is 118 cm³/mol. The van der Waals surface area contributed by atoms with Crippen LogP contribution in [-0.4, -0.2) is 17.1 Å². The van der Waals surface area contributed by atoms with Gasteiger partial charge in [-0.05, 0) is 37.6 Å². The summed E-state index contributed by atoms with van der Waals surface area (Å²) in [5.41, 5.74) is 1.02. The largest absolute Gasteiger partial charge is 0.463 e. The summed E-state index contributed by atoms with van der Waals surface area (Å²) in [7, 11) is 0. The molecule has 5 nitrogen and oxygen atoms in total. The number of esters is 1. The summed E-state index contributed by atoms with van der Waals surface area (Å²) in [6, 6.07) is 12.2. The molecule has 4 rings (SSSR count). The van der Waals surface area contributed by atoms with Gasteiger partial charge in [0.15, 0.2) is 4.80 Å². The number of hydrogen-bond donors (Lipinski definition) is 0. The molecule has 0 fully saturated rings. The van der Waals surface area contributed by atoms with Crippen molar-refractivity contribution in [2.75, 3.05) is 6.61 Å². The van der Waals surface area contributed by atoms with Crippen LogP contribution in [0.4, 0.5) is 4.39 Å². The fourth-order valence-corrected chi connectivity index (χ4v) is 4.74. The lowest BCUT2D eigenvalue weighted by atomic mass is 9.95. The molecule has 2 aromatic carbocycles. The van der Waals surface area contributed by atoms with Crippen molar-refractivity contribution in [3.63, 3.8) is 0 Å². The van der Waals surface area contributed by atoms with Crippen LogP contribution in [0.25, 0.3) is 6.08 Å². The molecule has 0 bridgehead atoms. The fraction of sp³-hybridized carbons (Fsp3) is 0.174. The maximum absolute atomic E-state index is 14.8. The minimum atomic E-state index is -0.982. The van der Waals surface area contributed by atoms with Gasteiger partial charge in [-0.25, -0.2) is 14.2 Å². The van der Waals surface area contributed by atoms with E-state index in [4.69, 9.17) is 16.3 Å². The first-order valence-electron chi connectivity index (χ1n) is 9.61. The second kappa shape index (κ2) is 8.61. The third kappa shape index (κ3) is 3.86. The van der Waals surface area contributed by atoms with Gasteiger partial charge >= 0.3 is 5.97 Å². The molecule has 0 spiro atoms. The lowest BCUT2D eigenvalue weighted by Gasteiger charge is -2.24. The number of carbonyl (C=O) groups is 1. The average molecular weight is 457 g/mol. The number of rotatable bonds is 4. The van der Waals surface area contributed by atoms with Crippen molar-refractivity contribution in [2.45, 2.75) is 19.9 Å².